The van der Waals surface area contributed by atoms with Gasteiger partial charge in [0.1, 0.15) is 5.75 Å². The Morgan fingerprint density at radius 3 is 2.88 bits per heavy atom. The van der Waals surface area contributed by atoms with Crippen molar-refractivity contribution in [1.82, 2.24) is 5.32 Å². The molecule has 0 bridgehead atoms. The Balaban J connectivity index is 2.39. The van der Waals surface area contributed by atoms with Crippen LogP contribution in [0.2, 0.25) is 0 Å². The predicted octanol–water partition coefficient (Wildman–Crippen LogP) is 3.49. The summed E-state index contributed by atoms with van der Waals surface area (Å²) in [5.74, 6) is 0.940. The van der Waals surface area contributed by atoms with E-state index in [0.717, 1.165) is 18.7 Å². The molecule has 0 heterocycles. The summed E-state index contributed by atoms with van der Waals surface area (Å²) in [6, 6.07) is 8.73. The Morgan fingerprint density at radius 1 is 1.35 bits per heavy atom. The van der Waals surface area contributed by atoms with E-state index < -0.39 is 0 Å². The van der Waals surface area contributed by atoms with E-state index in [4.69, 9.17) is 4.74 Å². The van der Waals surface area contributed by atoms with Crippen molar-refractivity contribution in [2.45, 2.75) is 33.2 Å². The Bertz CT molecular complexity index is 345. The van der Waals surface area contributed by atoms with Gasteiger partial charge in [-0.2, -0.15) is 0 Å². The summed E-state index contributed by atoms with van der Waals surface area (Å²) >= 11 is 0. The zero-order chi connectivity index (χ0) is 12.5. The van der Waals surface area contributed by atoms with Gasteiger partial charge >= 0.3 is 0 Å². The number of hydrogen-bond acceptors (Lipinski definition) is 2. The molecule has 1 aromatic carbocycles. The third-order valence-corrected chi connectivity index (χ3v) is 2.34. The maximum absolute atomic E-state index is 5.46. The molecule has 0 aromatic heterocycles. The summed E-state index contributed by atoms with van der Waals surface area (Å²) in [5.41, 5.74) is 1.19. The normalized spacial score (nSPS) is 11.3. The topological polar surface area (TPSA) is 21.3 Å². The molecule has 0 aliphatic heterocycles. The van der Waals surface area contributed by atoms with Crippen LogP contribution in [-0.4, -0.2) is 19.2 Å². The van der Waals surface area contributed by atoms with Gasteiger partial charge in [0.05, 0.1) is 6.61 Å². The molecule has 0 fully saturated rings. The van der Waals surface area contributed by atoms with Crippen LogP contribution in [0.4, 0.5) is 0 Å². The lowest BCUT2D eigenvalue weighted by atomic mass is 10.2. The van der Waals surface area contributed by atoms with Gasteiger partial charge in [-0.05, 0) is 37.6 Å². The predicted molar refractivity (Wildman–Crippen MR) is 74.4 cm³/mol. The van der Waals surface area contributed by atoms with Gasteiger partial charge in [0.15, 0.2) is 0 Å². The lowest BCUT2D eigenvalue weighted by Gasteiger charge is -2.05. The molecule has 0 saturated carbocycles. The number of ether oxygens (including phenoxy) is 1. The summed E-state index contributed by atoms with van der Waals surface area (Å²) in [5, 5.41) is 3.39. The fourth-order valence-electron chi connectivity index (χ4n) is 1.55. The van der Waals surface area contributed by atoms with Gasteiger partial charge in [0.2, 0.25) is 0 Å². The number of nitrogens with one attached hydrogen (secondary N) is 1. The maximum Gasteiger partial charge on any atom is 0.119 e. The largest absolute Gasteiger partial charge is 0.494 e. The molecule has 0 aliphatic carbocycles. The Kier molecular flexibility index (Phi) is 6.41. The van der Waals surface area contributed by atoms with Gasteiger partial charge in [-0.1, -0.05) is 38.1 Å². The number of rotatable bonds is 7. The van der Waals surface area contributed by atoms with Crippen LogP contribution in [0.25, 0.3) is 6.08 Å². The Labute approximate surface area is 105 Å². The van der Waals surface area contributed by atoms with Crippen LogP contribution in [0, 0.1) is 0 Å². The summed E-state index contributed by atoms with van der Waals surface area (Å²) in [4.78, 5) is 0. The van der Waals surface area contributed by atoms with Crippen LogP contribution in [-0.2, 0) is 0 Å². The summed E-state index contributed by atoms with van der Waals surface area (Å²) in [6.45, 7) is 8.06. The first-order valence-corrected chi connectivity index (χ1v) is 6.35. The zero-order valence-electron chi connectivity index (χ0n) is 11.1. The molecule has 1 aromatic rings. The second-order valence-corrected chi connectivity index (χ2v) is 4.31. The first-order valence-electron chi connectivity index (χ1n) is 6.35. The number of benzene rings is 1. The van der Waals surface area contributed by atoms with Crippen molar-refractivity contribution >= 4 is 6.08 Å². The van der Waals surface area contributed by atoms with Crippen molar-refractivity contribution in [3.05, 3.63) is 35.9 Å². The van der Waals surface area contributed by atoms with E-state index in [9.17, 15) is 0 Å². The highest BCUT2D eigenvalue weighted by Crippen LogP contribution is 2.14. The molecule has 0 saturated heterocycles. The van der Waals surface area contributed by atoms with Crippen molar-refractivity contribution in [1.29, 1.82) is 0 Å². The Hall–Kier alpha value is -1.28. The summed E-state index contributed by atoms with van der Waals surface area (Å²) in [6.07, 6.45) is 5.39. The van der Waals surface area contributed by atoms with Crippen LogP contribution in [0.1, 0.15) is 32.8 Å². The highest BCUT2D eigenvalue weighted by Gasteiger charge is 1.93. The fraction of sp³-hybridized carbons (Fsp3) is 0.467. The molecule has 94 valence electrons. The van der Waals surface area contributed by atoms with Crippen molar-refractivity contribution in [3.8, 4) is 5.75 Å². The third-order valence-electron chi connectivity index (χ3n) is 2.34. The molecule has 0 unspecified atom stereocenters. The lowest BCUT2D eigenvalue weighted by molar-refractivity contribution is 0.340. The van der Waals surface area contributed by atoms with E-state index in [0.29, 0.717) is 12.6 Å². The minimum absolute atomic E-state index is 0.560. The molecular weight excluding hydrogens is 210 g/mol. The van der Waals surface area contributed by atoms with Crippen molar-refractivity contribution in [3.63, 3.8) is 0 Å². The summed E-state index contributed by atoms with van der Waals surface area (Å²) in [7, 11) is 0. The SMILES string of the molecule is CCOc1cccc(C=CCCNC(C)C)c1. The molecule has 0 radical (unpaired) electrons. The molecule has 2 heteroatoms. The van der Waals surface area contributed by atoms with Gasteiger partial charge in [0.25, 0.3) is 0 Å². The molecule has 17 heavy (non-hydrogen) atoms. The molecule has 1 rings (SSSR count). The van der Waals surface area contributed by atoms with Crippen LogP contribution in [0.3, 0.4) is 0 Å². The highest BCUT2D eigenvalue weighted by atomic mass is 16.5. The van der Waals surface area contributed by atoms with Crippen molar-refractivity contribution in [2.75, 3.05) is 13.2 Å². The molecule has 0 amide bonds. The van der Waals surface area contributed by atoms with Gasteiger partial charge < -0.3 is 10.1 Å². The standard InChI is InChI=1S/C15H23NO/c1-4-17-15-10-7-9-14(12-15)8-5-6-11-16-13(2)3/h5,7-10,12-13,16H,4,6,11H2,1-3H3. The molecule has 0 atom stereocenters. The van der Waals surface area contributed by atoms with Crippen LogP contribution < -0.4 is 10.1 Å². The fourth-order valence-corrected chi connectivity index (χ4v) is 1.55. The van der Waals surface area contributed by atoms with E-state index in [2.05, 4.69) is 43.4 Å². The molecular formula is C15H23NO. The minimum Gasteiger partial charge on any atom is -0.494 e. The second kappa shape index (κ2) is 7.91. The van der Waals surface area contributed by atoms with Crippen molar-refractivity contribution in [2.24, 2.45) is 0 Å². The van der Waals surface area contributed by atoms with E-state index >= 15 is 0 Å². The van der Waals surface area contributed by atoms with Gasteiger partial charge in [0, 0.05) is 6.04 Å². The average molecular weight is 233 g/mol. The van der Waals surface area contributed by atoms with Crippen LogP contribution >= 0.6 is 0 Å². The smallest absolute Gasteiger partial charge is 0.119 e. The van der Waals surface area contributed by atoms with E-state index in [1.165, 1.54) is 5.56 Å². The second-order valence-electron chi connectivity index (χ2n) is 4.31. The first-order chi connectivity index (χ1) is 8.22. The first kappa shape index (κ1) is 13.8. The monoisotopic (exact) mass is 233 g/mol. The van der Waals surface area contributed by atoms with Crippen molar-refractivity contribution < 1.29 is 4.74 Å². The molecule has 0 aliphatic rings. The molecule has 0 spiro atoms. The van der Waals surface area contributed by atoms with Gasteiger partial charge in [-0.3, -0.25) is 0 Å². The number of hydrogen-bond donors (Lipinski definition) is 1. The van der Waals surface area contributed by atoms with E-state index in [1.807, 2.05) is 19.1 Å². The molecule has 1 N–H and O–H groups in total. The third kappa shape index (κ3) is 6.12. The quantitative estimate of drug-likeness (QED) is 0.728. The van der Waals surface area contributed by atoms with E-state index in [1.54, 1.807) is 0 Å². The molecule has 2 nitrogen and oxygen atoms in total. The minimum atomic E-state index is 0.560. The maximum atomic E-state index is 5.46. The zero-order valence-corrected chi connectivity index (χ0v) is 11.1. The lowest BCUT2D eigenvalue weighted by Crippen LogP contribution is -2.23. The summed E-state index contributed by atoms with van der Waals surface area (Å²) < 4.78 is 5.46. The van der Waals surface area contributed by atoms with Gasteiger partial charge in [-0.25, -0.2) is 0 Å². The Morgan fingerprint density at radius 2 is 2.18 bits per heavy atom. The van der Waals surface area contributed by atoms with Crippen LogP contribution in [0.5, 0.6) is 5.75 Å². The average Bonchev–Trinajstić information content (AvgIpc) is 2.29. The van der Waals surface area contributed by atoms with Gasteiger partial charge in [-0.15, -0.1) is 0 Å². The van der Waals surface area contributed by atoms with E-state index in [-0.39, 0.29) is 0 Å². The van der Waals surface area contributed by atoms with Crippen LogP contribution in [0.15, 0.2) is 30.3 Å². The highest BCUT2D eigenvalue weighted by molar-refractivity contribution is 5.51.